The van der Waals surface area contributed by atoms with Gasteiger partial charge in [-0.15, -0.1) is 0 Å². The van der Waals surface area contributed by atoms with Crippen molar-refractivity contribution in [1.29, 1.82) is 0 Å². The van der Waals surface area contributed by atoms with Crippen LogP contribution < -0.4 is 4.87 Å². The van der Waals surface area contributed by atoms with Gasteiger partial charge in [-0.2, -0.15) is 0 Å². The number of thiazole rings is 1. The number of fused-ring (bicyclic) bond motifs is 1. The van der Waals surface area contributed by atoms with Gasteiger partial charge in [0.15, 0.2) is 0 Å². The molecule has 0 radical (unpaired) electrons. The lowest BCUT2D eigenvalue weighted by atomic mass is 9.90. The van der Waals surface area contributed by atoms with Crippen LogP contribution in [0.2, 0.25) is 0 Å². The Morgan fingerprint density at radius 1 is 1.30 bits per heavy atom. The number of aliphatic carboxylic acids is 1. The van der Waals surface area contributed by atoms with Crippen molar-refractivity contribution >= 4 is 29.1 Å². The van der Waals surface area contributed by atoms with Crippen LogP contribution in [0.3, 0.4) is 0 Å². The molecule has 1 atom stereocenters. The number of para-hydroxylation sites is 1. The molecule has 20 heavy (non-hydrogen) atoms. The number of benzene rings is 1. The minimum absolute atomic E-state index is 0.0170. The van der Waals surface area contributed by atoms with E-state index in [2.05, 4.69) is 4.98 Å². The molecule has 1 aromatic heterocycles. The largest absolute Gasteiger partial charge is 0.508 e. The van der Waals surface area contributed by atoms with Crippen molar-refractivity contribution in [1.82, 2.24) is 4.98 Å². The van der Waals surface area contributed by atoms with Crippen LogP contribution in [-0.2, 0) is 4.79 Å². The highest BCUT2D eigenvalue weighted by Crippen LogP contribution is 2.46. The van der Waals surface area contributed by atoms with Gasteiger partial charge < -0.3 is 15.2 Å². The number of hydrogen-bond donors (Lipinski definition) is 3. The first-order chi connectivity index (χ1) is 9.58. The summed E-state index contributed by atoms with van der Waals surface area (Å²) in [5.74, 6) is -1.67. The summed E-state index contributed by atoms with van der Waals surface area (Å²) in [5.41, 5.74) is 0.636. The van der Waals surface area contributed by atoms with Crippen LogP contribution in [0.1, 0.15) is 16.4 Å². The molecule has 2 aromatic rings. The number of thioether (sulfide) groups is 1. The maximum Gasteiger partial charge on any atom is 0.333 e. The van der Waals surface area contributed by atoms with Gasteiger partial charge in [0.1, 0.15) is 5.75 Å². The SMILES string of the molecule is O=C(O)C1=CSc2[nH]c(=O)sc2C1c1ccccc1O. The number of nitrogens with one attached hydrogen (secondary N) is 1. The topological polar surface area (TPSA) is 90.4 Å². The zero-order chi connectivity index (χ0) is 14.3. The first-order valence-corrected chi connectivity index (χ1v) is 7.38. The zero-order valence-electron chi connectivity index (χ0n) is 9.99. The summed E-state index contributed by atoms with van der Waals surface area (Å²) in [4.78, 5) is 26.0. The molecule has 1 aliphatic heterocycles. The van der Waals surface area contributed by atoms with E-state index < -0.39 is 11.9 Å². The maximum atomic E-state index is 11.5. The number of rotatable bonds is 2. The minimum Gasteiger partial charge on any atom is -0.508 e. The van der Waals surface area contributed by atoms with Crippen molar-refractivity contribution in [3.8, 4) is 5.75 Å². The Hall–Kier alpha value is -1.99. The number of carboxylic acids is 1. The van der Waals surface area contributed by atoms with Crippen molar-refractivity contribution in [3.05, 3.63) is 55.4 Å². The molecule has 2 heterocycles. The molecule has 5 nitrogen and oxygen atoms in total. The molecule has 0 aliphatic carbocycles. The average Bonchev–Trinajstić information content (AvgIpc) is 2.78. The molecule has 0 saturated heterocycles. The van der Waals surface area contributed by atoms with Gasteiger partial charge in [-0.25, -0.2) is 4.79 Å². The number of phenols is 1. The van der Waals surface area contributed by atoms with Crippen LogP contribution >= 0.6 is 23.1 Å². The van der Waals surface area contributed by atoms with Crippen molar-refractivity contribution < 1.29 is 15.0 Å². The molecule has 3 rings (SSSR count). The van der Waals surface area contributed by atoms with Gasteiger partial charge in [-0.1, -0.05) is 41.3 Å². The van der Waals surface area contributed by atoms with E-state index in [-0.39, 0.29) is 16.2 Å². The van der Waals surface area contributed by atoms with Gasteiger partial charge >= 0.3 is 10.8 Å². The normalized spacial score (nSPS) is 17.4. The van der Waals surface area contributed by atoms with Crippen LogP contribution in [0.25, 0.3) is 0 Å². The fourth-order valence-corrected chi connectivity index (χ4v) is 4.22. The Balaban J connectivity index is 2.23. The number of carboxylic acid groups (broad SMARTS) is 1. The maximum absolute atomic E-state index is 11.5. The van der Waals surface area contributed by atoms with Crippen LogP contribution in [0.4, 0.5) is 0 Å². The Morgan fingerprint density at radius 2 is 2.05 bits per heavy atom. The quantitative estimate of drug-likeness (QED) is 0.792. The molecule has 0 spiro atoms. The number of aromatic amines is 1. The van der Waals surface area contributed by atoms with E-state index in [0.717, 1.165) is 11.3 Å². The summed E-state index contributed by atoms with van der Waals surface area (Å²) in [7, 11) is 0. The molecule has 1 aromatic carbocycles. The van der Waals surface area contributed by atoms with Gasteiger partial charge in [0, 0.05) is 5.56 Å². The third-order valence-corrected chi connectivity index (χ3v) is 5.02. The van der Waals surface area contributed by atoms with Gasteiger partial charge in [-0.05, 0) is 11.5 Å². The summed E-state index contributed by atoms with van der Waals surface area (Å²) in [6, 6.07) is 6.57. The fourth-order valence-electron chi connectivity index (χ4n) is 2.15. The van der Waals surface area contributed by atoms with Crippen molar-refractivity contribution in [2.24, 2.45) is 0 Å². The van der Waals surface area contributed by atoms with Gasteiger partial charge in [0.2, 0.25) is 0 Å². The second-order valence-corrected chi connectivity index (χ2v) is 6.09. The van der Waals surface area contributed by atoms with E-state index in [4.69, 9.17) is 0 Å². The lowest BCUT2D eigenvalue weighted by Crippen LogP contribution is -2.14. The molecule has 0 fully saturated rings. The standard InChI is InChI=1S/C13H9NO4S2/c15-8-4-2-1-3-6(8)9-7(12(16)17)5-19-11-10(9)20-13(18)14-11/h1-5,9,15H,(H,14,18)(H,16,17). The monoisotopic (exact) mass is 307 g/mol. The molecular formula is C13H9NO4S2. The van der Waals surface area contributed by atoms with E-state index in [0.29, 0.717) is 15.5 Å². The molecule has 102 valence electrons. The first kappa shape index (κ1) is 13.0. The number of phenolic OH excluding ortho intramolecular Hbond substituents is 1. The Morgan fingerprint density at radius 3 is 2.75 bits per heavy atom. The number of carbonyl (C=O) groups is 1. The fraction of sp³-hybridized carbons (Fsp3) is 0.0769. The summed E-state index contributed by atoms with van der Waals surface area (Å²) in [5, 5.41) is 21.5. The predicted molar refractivity (Wildman–Crippen MR) is 76.5 cm³/mol. The van der Waals surface area contributed by atoms with E-state index in [1.54, 1.807) is 18.2 Å². The molecule has 1 unspecified atom stereocenters. The molecule has 0 saturated carbocycles. The summed E-state index contributed by atoms with van der Waals surface area (Å²) >= 11 is 2.16. The number of aromatic nitrogens is 1. The van der Waals surface area contributed by atoms with E-state index in [1.165, 1.54) is 23.2 Å². The molecule has 0 amide bonds. The van der Waals surface area contributed by atoms with Gasteiger partial charge in [0.05, 0.1) is 21.4 Å². The lowest BCUT2D eigenvalue weighted by Gasteiger charge is -2.22. The first-order valence-electron chi connectivity index (χ1n) is 5.69. The van der Waals surface area contributed by atoms with Crippen LogP contribution in [-0.4, -0.2) is 21.2 Å². The van der Waals surface area contributed by atoms with Gasteiger partial charge in [-0.3, -0.25) is 4.79 Å². The second-order valence-electron chi connectivity index (χ2n) is 4.20. The van der Waals surface area contributed by atoms with Crippen LogP contribution in [0.15, 0.2) is 45.1 Å². The minimum atomic E-state index is -1.06. The zero-order valence-corrected chi connectivity index (χ0v) is 11.6. The third kappa shape index (κ3) is 2.04. The number of aromatic hydroxyl groups is 1. The van der Waals surface area contributed by atoms with Gasteiger partial charge in [0.25, 0.3) is 0 Å². The summed E-state index contributed by atoms with van der Waals surface area (Å²) in [6.45, 7) is 0. The Kier molecular flexibility index (Phi) is 3.15. The van der Waals surface area contributed by atoms with Crippen molar-refractivity contribution in [2.75, 3.05) is 0 Å². The Bertz CT molecular complexity index is 775. The van der Waals surface area contributed by atoms with Crippen LogP contribution in [0.5, 0.6) is 5.75 Å². The smallest absolute Gasteiger partial charge is 0.333 e. The molecule has 1 aliphatic rings. The summed E-state index contributed by atoms with van der Waals surface area (Å²) < 4.78 is 0. The number of hydrogen-bond acceptors (Lipinski definition) is 5. The highest BCUT2D eigenvalue weighted by molar-refractivity contribution is 8.02. The number of H-pyrrole nitrogens is 1. The van der Waals surface area contributed by atoms with Crippen LogP contribution in [0, 0.1) is 0 Å². The molecule has 7 heteroatoms. The van der Waals surface area contributed by atoms with Crippen molar-refractivity contribution in [2.45, 2.75) is 10.9 Å². The molecule has 3 N–H and O–H groups in total. The predicted octanol–water partition coefficient (Wildman–Crippen LogP) is 2.35. The second kappa shape index (κ2) is 4.84. The highest BCUT2D eigenvalue weighted by atomic mass is 32.2. The summed E-state index contributed by atoms with van der Waals surface area (Å²) in [6.07, 6.45) is 0. The Labute approximate surface area is 121 Å². The molecule has 0 bridgehead atoms. The van der Waals surface area contributed by atoms with E-state index in [9.17, 15) is 19.8 Å². The molecular weight excluding hydrogens is 298 g/mol. The van der Waals surface area contributed by atoms with E-state index >= 15 is 0 Å². The highest BCUT2D eigenvalue weighted by Gasteiger charge is 2.33. The lowest BCUT2D eigenvalue weighted by molar-refractivity contribution is -0.132. The van der Waals surface area contributed by atoms with Crippen molar-refractivity contribution in [3.63, 3.8) is 0 Å². The third-order valence-electron chi connectivity index (χ3n) is 3.01. The van der Waals surface area contributed by atoms with E-state index in [1.807, 2.05) is 0 Å². The average molecular weight is 307 g/mol.